The van der Waals surface area contributed by atoms with Gasteiger partial charge in [0.2, 0.25) is 0 Å². The Morgan fingerprint density at radius 3 is 1.11 bits per heavy atom. The number of hydrogen-bond donors (Lipinski definition) is 4. The number of ether oxygens (including phenoxy) is 4. The number of esters is 4. The van der Waals surface area contributed by atoms with Crippen LogP contribution in [-0.4, -0.2) is 165 Å². The van der Waals surface area contributed by atoms with Crippen molar-refractivity contribution in [1.29, 1.82) is 0 Å². The molecule has 2 saturated heterocycles. The Kier molecular flexibility index (Phi) is 14.5. The Bertz CT molecular complexity index is 1210. The maximum absolute atomic E-state index is 13.8. The van der Waals surface area contributed by atoms with Gasteiger partial charge in [0.15, 0.2) is 0 Å². The summed E-state index contributed by atoms with van der Waals surface area (Å²) in [6.45, 7) is 10.2. The Hall–Kier alpha value is -4.78. The quantitative estimate of drug-likeness (QED) is 0.0616. The molecule has 0 bridgehead atoms. The monoisotopic (exact) mass is 668 g/mol. The van der Waals surface area contributed by atoms with E-state index in [1.165, 1.54) is 6.92 Å². The van der Waals surface area contributed by atoms with Crippen LogP contribution in [-0.2, 0) is 38.1 Å². The Labute approximate surface area is 270 Å². The first-order valence-electron chi connectivity index (χ1n) is 14.2. The van der Waals surface area contributed by atoms with Gasteiger partial charge in [-0.05, 0) is 6.92 Å². The lowest BCUT2D eigenvalue weighted by molar-refractivity contribution is -0.142. The summed E-state index contributed by atoms with van der Waals surface area (Å²) in [4.78, 5) is 78.2. The molecule has 2 fully saturated rings. The zero-order chi connectivity index (χ0) is 35.4. The van der Waals surface area contributed by atoms with E-state index in [9.17, 15) is 49.2 Å². The molecule has 0 aromatic rings. The molecule has 0 aromatic carbocycles. The number of β-amino-alcohol motifs (C(OH)–C–C–N with tert-alkyl or cyclic N) is 4. The van der Waals surface area contributed by atoms with E-state index < -0.39 is 125 Å². The number of hydrogen-bond acceptors (Lipinski definition) is 14. The fraction of sp³-hybridized carbons (Fsp3) is 0.517. The molecular weight excluding hydrogens is 628 g/mol. The van der Waals surface area contributed by atoms with Gasteiger partial charge in [0.1, 0.15) is 63.2 Å². The Balaban J connectivity index is 2.47. The van der Waals surface area contributed by atoms with Gasteiger partial charge in [0, 0.05) is 23.8 Å². The summed E-state index contributed by atoms with van der Waals surface area (Å²) < 4.78 is 19.6. The van der Waals surface area contributed by atoms with Crippen LogP contribution in [0.1, 0.15) is 6.92 Å². The lowest BCUT2D eigenvalue weighted by atomic mass is 10.2. The molecule has 0 spiro atoms. The second-order valence-electron chi connectivity index (χ2n) is 10.5. The van der Waals surface area contributed by atoms with Crippen molar-refractivity contribution < 1.29 is 68.1 Å². The summed E-state index contributed by atoms with van der Waals surface area (Å²) in [6.07, 6.45) is -5.98. The van der Waals surface area contributed by atoms with Crippen LogP contribution in [0.15, 0.2) is 50.1 Å². The van der Waals surface area contributed by atoms with Gasteiger partial charge >= 0.3 is 35.9 Å². The van der Waals surface area contributed by atoms with Crippen molar-refractivity contribution in [3.63, 3.8) is 0 Å². The summed E-state index contributed by atoms with van der Waals surface area (Å²) >= 11 is 0. The number of rotatable bonds is 20. The van der Waals surface area contributed by atoms with Gasteiger partial charge in [-0.15, -0.1) is 0 Å². The van der Waals surface area contributed by atoms with Crippen molar-refractivity contribution in [3.8, 4) is 0 Å². The van der Waals surface area contributed by atoms with Crippen LogP contribution in [0, 0.1) is 0 Å². The fourth-order valence-electron chi connectivity index (χ4n) is 4.63. The highest BCUT2D eigenvalue weighted by Gasteiger charge is 2.60. The first-order chi connectivity index (χ1) is 22.1. The van der Waals surface area contributed by atoms with Gasteiger partial charge < -0.3 is 39.4 Å². The summed E-state index contributed by atoms with van der Waals surface area (Å²) in [5.41, 5.74) is 0.0542. The molecule has 6 atom stereocenters. The van der Waals surface area contributed by atoms with Gasteiger partial charge in [-0.1, -0.05) is 26.3 Å². The predicted octanol–water partition coefficient (Wildman–Crippen LogP) is -2.14. The van der Waals surface area contributed by atoms with E-state index >= 15 is 0 Å². The van der Waals surface area contributed by atoms with E-state index in [0.717, 1.165) is 37.8 Å². The standard InChI is InChI=1S/C29H40N4O14/c1-6-22(38)44-13-18(34)9-30-25-26(32(28(30)42)11-20(36)15-46-24(40)8-3)33(12-21(37)16-47-27(41)17(4)5)29(43)31(25)10-19(35)14-45-23(39)7-2/h6-8,18-21,25-26,34-37H,1-4,9-16H2,5H3. The minimum atomic E-state index is -1.49. The molecule has 2 aliphatic heterocycles. The normalized spacial score (nSPS) is 19.7. The SMILES string of the molecule is C=CC(=O)OCC(O)CN1C(=O)N(CC(O)COC(=O)C=C)C2C1N(CC(O)COC(=O)C=C)C(=O)N2CC(O)COC(=O)C(=C)C. The topological polar surface area (TPSA) is 233 Å². The molecule has 6 unspecified atom stereocenters. The van der Waals surface area contributed by atoms with Crippen molar-refractivity contribution in [2.75, 3.05) is 52.6 Å². The van der Waals surface area contributed by atoms with Crippen molar-refractivity contribution in [2.24, 2.45) is 0 Å². The molecule has 18 nitrogen and oxygen atoms in total. The molecule has 4 N–H and O–H groups in total. The molecular formula is C29H40N4O14. The predicted molar refractivity (Wildman–Crippen MR) is 158 cm³/mol. The largest absolute Gasteiger partial charge is 0.460 e. The number of carbonyl (C=O) groups is 6. The molecule has 260 valence electrons. The minimum absolute atomic E-state index is 0.0542. The van der Waals surface area contributed by atoms with E-state index in [1.54, 1.807) is 0 Å². The summed E-state index contributed by atoms with van der Waals surface area (Å²) in [7, 11) is 0. The average Bonchev–Trinajstić information content (AvgIpc) is 3.44. The van der Waals surface area contributed by atoms with Crippen LogP contribution in [0.5, 0.6) is 0 Å². The number of fused-ring (bicyclic) bond motifs is 1. The van der Waals surface area contributed by atoms with E-state index in [0.29, 0.717) is 0 Å². The van der Waals surface area contributed by atoms with Crippen molar-refractivity contribution in [2.45, 2.75) is 43.7 Å². The maximum atomic E-state index is 13.8. The van der Waals surface area contributed by atoms with Gasteiger partial charge in [0.05, 0.1) is 26.2 Å². The number of nitrogens with zero attached hydrogens (tertiary/aromatic N) is 4. The molecule has 0 aromatic heterocycles. The van der Waals surface area contributed by atoms with E-state index in [4.69, 9.17) is 18.9 Å². The van der Waals surface area contributed by atoms with E-state index in [1.807, 2.05) is 0 Å². The van der Waals surface area contributed by atoms with Crippen LogP contribution >= 0.6 is 0 Å². The van der Waals surface area contributed by atoms with Crippen LogP contribution < -0.4 is 0 Å². The third-order valence-electron chi connectivity index (χ3n) is 6.67. The summed E-state index contributed by atoms with van der Waals surface area (Å²) in [5, 5.41) is 42.7. The number of aliphatic hydroxyl groups is 4. The van der Waals surface area contributed by atoms with Crippen LogP contribution in [0.25, 0.3) is 0 Å². The molecule has 47 heavy (non-hydrogen) atoms. The zero-order valence-electron chi connectivity index (χ0n) is 25.8. The fourth-order valence-corrected chi connectivity index (χ4v) is 4.63. The van der Waals surface area contributed by atoms with Crippen LogP contribution in [0.4, 0.5) is 9.59 Å². The number of carbonyl (C=O) groups excluding carboxylic acids is 6. The Morgan fingerprint density at radius 1 is 0.617 bits per heavy atom. The summed E-state index contributed by atoms with van der Waals surface area (Å²) in [5.74, 6) is -3.36. The highest BCUT2D eigenvalue weighted by atomic mass is 16.6. The van der Waals surface area contributed by atoms with E-state index in [2.05, 4.69) is 26.3 Å². The third-order valence-corrected chi connectivity index (χ3v) is 6.67. The van der Waals surface area contributed by atoms with Gasteiger partial charge in [-0.2, -0.15) is 0 Å². The molecule has 2 aliphatic rings. The maximum Gasteiger partial charge on any atom is 0.333 e. The van der Waals surface area contributed by atoms with Gasteiger partial charge in [-0.25, -0.2) is 28.8 Å². The van der Waals surface area contributed by atoms with Gasteiger partial charge in [0.25, 0.3) is 0 Å². The van der Waals surface area contributed by atoms with Crippen molar-refractivity contribution in [3.05, 3.63) is 50.1 Å². The molecule has 0 saturated carbocycles. The molecule has 4 amide bonds. The lowest BCUT2D eigenvalue weighted by Gasteiger charge is -2.32. The zero-order valence-corrected chi connectivity index (χ0v) is 25.8. The van der Waals surface area contributed by atoms with E-state index in [-0.39, 0.29) is 5.57 Å². The molecule has 18 heteroatoms. The molecule has 2 rings (SSSR count). The average molecular weight is 669 g/mol. The van der Waals surface area contributed by atoms with Crippen LogP contribution in [0.3, 0.4) is 0 Å². The third kappa shape index (κ3) is 10.6. The lowest BCUT2D eigenvalue weighted by Crippen LogP contribution is -2.52. The first-order valence-corrected chi connectivity index (χ1v) is 14.2. The molecule has 0 aliphatic carbocycles. The highest BCUT2D eigenvalue weighted by Crippen LogP contribution is 2.36. The molecule has 2 heterocycles. The summed E-state index contributed by atoms with van der Waals surface area (Å²) in [6, 6.07) is -1.69. The number of amides is 4. The number of aliphatic hydroxyl groups excluding tert-OH is 4. The molecule has 0 radical (unpaired) electrons. The minimum Gasteiger partial charge on any atom is -0.460 e. The first kappa shape index (κ1) is 38.4. The second kappa shape index (κ2) is 17.8. The smallest absolute Gasteiger partial charge is 0.333 e. The van der Waals surface area contributed by atoms with Crippen molar-refractivity contribution >= 4 is 35.9 Å². The number of urea groups is 2. The second-order valence-corrected chi connectivity index (χ2v) is 10.5. The van der Waals surface area contributed by atoms with Crippen LogP contribution in [0.2, 0.25) is 0 Å². The highest BCUT2D eigenvalue weighted by molar-refractivity contribution is 5.87. The van der Waals surface area contributed by atoms with Gasteiger partial charge in [-0.3, -0.25) is 19.6 Å². The van der Waals surface area contributed by atoms with Crippen molar-refractivity contribution in [1.82, 2.24) is 19.6 Å². The Morgan fingerprint density at radius 2 is 0.872 bits per heavy atom.